The van der Waals surface area contributed by atoms with Gasteiger partial charge in [-0.2, -0.15) is 12.6 Å². The number of rotatable bonds is 2. The molecule has 66 valence electrons. The standard InChI is InChI=1S/C9H18OS/c1-3-8-6-10-5-4-9(8)7(2)11/h7-9,11H,3-6H2,1-2H3. The van der Waals surface area contributed by atoms with Crippen LogP contribution in [0.4, 0.5) is 0 Å². The highest BCUT2D eigenvalue weighted by Crippen LogP contribution is 2.29. The molecule has 1 aliphatic rings. The van der Waals surface area contributed by atoms with Crippen LogP contribution >= 0.6 is 12.6 Å². The first-order valence-corrected chi connectivity index (χ1v) is 5.03. The molecule has 0 bridgehead atoms. The summed E-state index contributed by atoms with van der Waals surface area (Å²) in [5, 5.41) is 0.531. The summed E-state index contributed by atoms with van der Waals surface area (Å²) in [6.07, 6.45) is 2.43. The highest BCUT2D eigenvalue weighted by molar-refractivity contribution is 7.80. The summed E-state index contributed by atoms with van der Waals surface area (Å²) >= 11 is 4.50. The van der Waals surface area contributed by atoms with E-state index in [2.05, 4.69) is 26.5 Å². The smallest absolute Gasteiger partial charge is 0.0497 e. The molecule has 2 heteroatoms. The van der Waals surface area contributed by atoms with Gasteiger partial charge in [0.25, 0.3) is 0 Å². The second-order valence-corrected chi connectivity index (χ2v) is 4.25. The number of hydrogen-bond acceptors (Lipinski definition) is 2. The van der Waals surface area contributed by atoms with Crippen LogP contribution < -0.4 is 0 Å². The maximum absolute atomic E-state index is 5.42. The Morgan fingerprint density at radius 3 is 2.82 bits per heavy atom. The predicted octanol–water partition coefficient (Wildman–Crippen LogP) is 2.37. The molecule has 0 radical (unpaired) electrons. The minimum absolute atomic E-state index is 0.531. The Morgan fingerprint density at radius 2 is 2.36 bits per heavy atom. The van der Waals surface area contributed by atoms with Crippen LogP contribution in [0.1, 0.15) is 26.7 Å². The summed E-state index contributed by atoms with van der Waals surface area (Å²) in [5.41, 5.74) is 0. The number of ether oxygens (including phenoxy) is 1. The van der Waals surface area contributed by atoms with E-state index in [1.165, 1.54) is 12.8 Å². The van der Waals surface area contributed by atoms with E-state index in [-0.39, 0.29) is 0 Å². The van der Waals surface area contributed by atoms with Gasteiger partial charge in [-0.15, -0.1) is 0 Å². The summed E-state index contributed by atoms with van der Waals surface area (Å²) in [5.74, 6) is 1.52. The van der Waals surface area contributed by atoms with E-state index in [0.717, 1.165) is 25.0 Å². The minimum Gasteiger partial charge on any atom is -0.381 e. The van der Waals surface area contributed by atoms with E-state index >= 15 is 0 Å². The zero-order valence-corrected chi connectivity index (χ0v) is 8.31. The molecule has 0 aromatic rings. The molecule has 1 heterocycles. The van der Waals surface area contributed by atoms with E-state index < -0.39 is 0 Å². The van der Waals surface area contributed by atoms with Crippen molar-refractivity contribution in [2.24, 2.45) is 11.8 Å². The number of hydrogen-bond donors (Lipinski definition) is 1. The van der Waals surface area contributed by atoms with Crippen LogP contribution in [0.3, 0.4) is 0 Å². The van der Waals surface area contributed by atoms with Crippen molar-refractivity contribution < 1.29 is 4.74 Å². The quantitative estimate of drug-likeness (QED) is 0.632. The zero-order chi connectivity index (χ0) is 8.27. The van der Waals surface area contributed by atoms with E-state index in [1.54, 1.807) is 0 Å². The predicted molar refractivity (Wildman–Crippen MR) is 51.2 cm³/mol. The average molecular weight is 174 g/mol. The lowest BCUT2D eigenvalue weighted by molar-refractivity contribution is 0.0162. The maximum atomic E-state index is 5.42. The van der Waals surface area contributed by atoms with E-state index in [9.17, 15) is 0 Å². The third-order valence-corrected chi connectivity index (χ3v) is 3.06. The zero-order valence-electron chi connectivity index (χ0n) is 7.42. The van der Waals surface area contributed by atoms with Gasteiger partial charge in [0.05, 0.1) is 0 Å². The molecule has 0 spiro atoms. The summed E-state index contributed by atoms with van der Waals surface area (Å²) in [4.78, 5) is 0. The second kappa shape index (κ2) is 4.36. The van der Waals surface area contributed by atoms with Gasteiger partial charge in [0.2, 0.25) is 0 Å². The van der Waals surface area contributed by atoms with Crippen molar-refractivity contribution in [1.82, 2.24) is 0 Å². The van der Waals surface area contributed by atoms with Crippen molar-refractivity contribution >= 4 is 12.6 Å². The lowest BCUT2D eigenvalue weighted by Crippen LogP contribution is -2.31. The maximum Gasteiger partial charge on any atom is 0.0497 e. The van der Waals surface area contributed by atoms with Crippen LogP contribution in [0, 0.1) is 11.8 Å². The van der Waals surface area contributed by atoms with Crippen molar-refractivity contribution in [3.05, 3.63) is 0 Å². The first-order chi connectivity index (χ1) is 5.25. The lowest BCUT2D eigenvalue weighted by atomic mass is 9.84. The van der Waals surface area contributed by atoms with Gasteiger partial charge in [0, 0.05) is 18.5 Å². The molecule has 0 N–H and O–H groups in total. The van der Waals surface area contributed by atoms with Gasteiger partial charge in [-0.1, -0.05) is 20.3 Å². The SMILES string of the molecule is CCC1COCCC1C(C)S. The van der Waals surface area contributed by atoms with Gasteiger partial charge in [-0.25, -0.2) is 0 Å². The summed E-state index contributed by atoms with van der Waals surface area (Å²) < 4.78 is 5.42. The first-order valence-electron chi connectivity index (χ1n) is 4.51. The molecule has 0 aromatic heterocycles. The highest BCUT2D eigenvalue weighted by Gasteiger charge is 2.26. The van der Waals surface area contributed by atoms with Crippen LogP contribution in [0.15, 0.2) is 0 Å². The average Bonchev–Trinajstić information content (AvgIpc) is 2.04. The summed E-state index contributed by atoms with van der Waals surface area (Å²) in [7, 11) is 0. The molecule has 0 aliphatic carbocycles. The van der Waals surface area contributed by atoms with Crippen molar-refractivity contribution in [2.75, 3.05) is 13.2 Å². The fourth-order valence-electron chi connectivity index (χ4n) is 1.87. The molecule has 3 atom stereocenters. The van der Waals surface area contributed by atoms with Gasteiger partial charge < -0.3 is 4.74 Å². The van der Waals surface area contributed by atoms with Crippen LogP contribution in [0.2, 0.25) is 0 Å². The van der Waals surface area contributed by atoms with E-state index in [1.807, 2.05) is 0 Å². The van der Waals surface area contributed by atoms with Gasteiger partial charge >= 0.3 is 0 Å². The van der Waals surface area contributed by atoms with Gasteiger partial charge in [0.15, 0.2) is 0 Å². The van der Waals surface area contributed by atoms with Crippen molar-refractivity contribution in [3.8, 4) is 0 Å². The van der Waals surface area contributed by atoms with Gasteiger partial charge in [0.1, 0.15) is 0 Å². The Kier molecular flexibility index (Phi) is 3.73. The van der Waals surface area contributed by atoms with Crippen LogP contribution in [-0.2, 0) is 4.74 Å². The van der Waals surface area contributed by atoms with Crippen LogP contribution in [0.25, 0.3) is 0 Å². The van der Waals surface area contributed by atoms with Crippen molar-refractivity contribution in [2.45, 2.75) is 31.9 Å². The molecular weight excluding hydrogens is 156 g/mol. The fraction of sp³-hybridized carbons (Fsp3) is 1.00. The third kappa shape index (κ3) is 2.38. The third-order valence-electron chi connectivity index (χ3n) is 2.68. The van der Waals surface area contributed by atoms with Crippen LogP contribution in [-0.4, -0.2) is 18.5 Å². The Labute approximate surface area is 74.9 Å². The summed E-state index contributed by atoms with van der Waals surface area (Å²) in [6.45, 7) is 6.32. The van der Waals surface area contributed by atoms with E-state index in [0.29, 0.717) is 5.25 Å². The van der Waals surface area contributed by atoms with Gasteiger partial charge in [-0.3, -0.25) is 0 Å². The topological polar surface area (TPSA) is 9.23 Å². The molecule has 11 heavy (non-hydrogen) atoms. The Bertz CT molecular complexity index is 114. The minimum atomic E-state index is 0.531. The Morgan fingerprint density at radius 1 is 1.64 bits per heavy atom. The molecule has 1 nitrogen and oxygen atoms in total. The van der Waals surface area contributed by atoms with E-state index in [4.69, 9.17) is 4.74 Å². The van der Waals surface area contributed by atoms with Crippen molar-refractivity contribution in [1.29, 1.82) is 0 Å². The molecule has 1 saturated heterocycles. The largest absolute Gasteiger partial charge is 0.381 e. The molecular formula is C9H18OS. The fourth-order valence-corrected chi connectivity index (χ4v) is 2.26. The second-order valence-electron chi connectivity index (χ2n) is 3.44. The molecule has 1 rings (SSSR count). The molecule has 0 saturated carbocycles. The van der Waals surface area contributed by atoms with Crippen LogP contribution in [0.5, 0.6) is 0 Å². The molecule has 1 aliphatic heterocycles. The van der Waals surface area contributed by atoms with Crippen molar-refractivity contribution in [3.63, 3.8) is 0 Å². The van der Waals surface area contributed by atoms with Gasteiger partial charge in [-0.05, 0) is 18.3 Å². The Hall–Kier alpha value is 0.310. The molecule has 0 aromatic carbocycles. The summed E-state index contributed by atoms with van der Waals surface area (Å²) in [6, 6.07) is 0. The monoisotopic (exact) mass is 174 g/mol. The molecule has 1 fully saturated rings. The molecule has 3 unspecified atom stereocenters. The number of thiol groups is 1. The normalized spacial score (nSPS) is 35.2. The first kappa shape index (κ1) is 9.40. The highest BCUT2D eigenvalue weighted by atomic mass is 32.1. The Balaban J connectivity index is 2.44. The lowest BCUT2D eigenvalue weighted by Gasteiger charge is -2.33. The molecule has 0 amide bonds.